The minimum Gasteiger partial charge on any atom is -0.270 e. The van der Waals surface area contributed by atoms with E-state index in [-0.39, 0.29) is 18.4 Å². The van der Waals surface area contributed by atoms with Gasteiger partial charge < -0.3 is 0 Å². The molecule has 0 bridgehead atoms. The highest BCUT2D eigenvalue weighted by Crippen LogP contribution is 2.25. The van der Waals surface area contributed by atoms with Crippen molar-refractivity contribution in [3.8, 4) is 6.07 Å². The highest BCUT2D eigenvalue weighted by atomic mass is 16.2. The van der Waals surface area contributed by atoms with E-state index in [1.165, 1.54) is 4.90 Å². The van der Waals surface area contributed by atoms with Gasteiger partial charge >= 0.3 is 0 Å². The average molecular weight is 276 g/mol. The van der Waals surface area contributed by atoms with Crippen LogP contribution in [-0.2, 0) is 6.54 Å². The molecule has 4 nitrogen and oxygen atoms in total. The van der Waals surface area contributed by atoms with Crippen LogP contribution in [0.3, 0.4) is 0 Å². The maximum atomic E-state index is 12.3. The van der Waals surface area contributed by atoms with Crippen molar-refractivity contribution in [2.75, 3.05) is 0 Å². The molecule has 102 valence electrons. The molecule has 0 radical (unpaired) electrons. The molecule has 21 heavy (non-hydrogen) atoms. The molecule has 0 aliphatic carbocycles. The van der Waals surface area contributed by atoms with Crippen LogP contribution in [0.5, 0.6) is 0 Å². The Morgan fingerprint density at radius 2 is 1.67 bits per heavy atom. The Labute approximate surface area is 122 Å². The van der Waals surface area contributed by atoms with E-state index >= 15 is 0 Å². The predicted octanol–water partition coefficient (Wildman–Crippen LogP) is 2.66. The number of fused-ring (bicyclic) bond motifs is 1. The molecule has 0 fully saturated rings. The second-order valence-electron chi connectivity index (χ2n) is 5.05. The Hall–Kier alpha value is -2.93. The number of benzene rings is 2. The molecule has 1 aliphatic heterocycles. The Kier molecular flexibility index (Phi) is 3.03. The fourth-order valence-electron chi connectivity index (χ4n) is 2.42. The molecule has 0 spiro atoms. The highest BCUT2D eigenvalue weighted by Gasteiger charge is 2.35. The molecule has 1 aliphatic rings. The van der Waals surface area contributed by atoms with Gasteiger partial charge in [-0.15, -0.1) is 0 Å². The fraction of sp³-hybridized carbons (Fsp3) is 0.118. The van der Waals surface area contributed by atoms with Crippen LogP contribution in [0.4, 0.5) is 0 Å². The lowest BCUT2D eigenvalue weighted by atomic mass is 10.1. The third-order valence-electron chi connectivity index (χ3n) is 3.55. The molecule has 2 amide bonds. The van der Waals surface area contributed by atoms with Crippen molar-refractivity contribution >= 4 is 11.8 Å². The SMILES string of the molecule is Cc1ccc2c(c1)C(=O)N(Cc1ccc(C#N)cc1)C2=O. The number of imide groups is 1. The third-order valence-corrected chi connectivity index (χ3v) is 3.55. The summed E-state index contributed by atoms with van der Waals surface area (Å²) in [5.41, 5.74) is 3.25. The average Bonchev–Trinajstić information content (AvgIpc) is 2.73. The first-order valence-corrected chi connectivity index (χ1v) is 6.56. The zero-order chi connectivity index (χ0) is 15.0. The second kappa shape index (κ2) is 4.88. The van der Waals surface area contributed by atoms with E-state index in [4.69, 9.17) is 5.26 Å². The summed E-state index contributed by atoms with van der Waals surface area (Å²) in [6.45, 7) is 2.11. The molecule has 0 N–H and O–H groups in total. The van der Waals surface area contributed by atoms with Crippen molar-refractivity contribution in [2.24, 2.45) is 0 Å². The first-order valence-electron chi connectivity index (χ1n) is 6.56. The first kappa shape index (κ1) is 13.1. The van der Waals surface area contributed by atoms with Gasteiger partial charge in [0.1, 0.15) is 0 Å². The predicted molar refractivity (Wildman–Crippen MR) is 76.5 cm³/mol. The van der Waals surface area contributed by atoms with Gasteiger partial charge in [0.2, 0.25) is 0 Å². The van der Waals surface area contributed by atoms with Crippen molar-refractivity contribution in [3.05, 3.63) is 70.3 Å². The topological polar surface area (TPSA) is 61.2 Å². The minimum atomic E-state index is -0.264. The number of rotatable bonds is 2. The standard InChI is InChI=1S/C17H12N2O2/c1-11-2-7-14-15(8-11)17(21)19(16(14)20)10-13-5-3-12(9-18)4-6-13/h2-8H,10H2,1H3. The lowest BCUT2D eigenvalue weighted by molar-refractivity contribution is 0.0642. The van der Waals surface area contributed by atoms with E-state index in [9.17, 15) is 9.59 Å². The van der Waals surface area contributed by atoms with Gasteiger partial charge in [-0.1, -0.05) is 23.8 Å². The van der Waals surface area contributed by atoms with Crippen LogP contribution in [0.25, 0.3) is 0 Å². The van der Waals surface area contributed by atoms with Crippen LogP contribution in [0, 0.1) is 18.3 Å². The van der Waals surface area contributed by atoms with E-state index in [1.807, 2.05) is 19.1 Å². The zero-order valence-corrected chi connectivity index (χ0v) is 11.5. The van der Waals surface area contributed by atoms with Crippen LogP contribution >= 0.6 is 0 Å². The second-order valence-corrected chi connectivity index (χ2v) is 5.05. The van der Waals surface area contributed by atoms with Crippen molar-refractivity contribution in [3.63, 3.8) is 0 Å². The molecule has 0 unspecified atom stereocenters. The molecule has 4 heteroatoms. The van der Waals surface area contributed by atoms with E-state index in [1.54, 1.807) is 36.4 Å². The van der Waals surface area contributed by atoms with Crippen LogP contribution < -0.4 is 0 Å². The number of nitrogens with zero attached hydrogens (tertiary/aromatic N) is 2. The van der Waals surface area contributed by atoms with E-state index in [0.29, 0.717) is 16.7 Å². The first-order chi connectivity index (χ1) is 10.1. The Morgan fingerprint density at radius 1 is 1.00 bits per heavy atom. The van der Waals surface area contributed by atoms with Gasteiger partial charge in [-0.3, -0.25) is 14.5 Å². The molecular formula is C17H12N2O2. The summed E-state index contributed by atoms with van der Waals surface area (Å²) < 4.78 is 0. The summed E-state index contributed by atoms with van der Waals surface area (Å²) in [4.78, 5) is 25.9. The lowest BCUT2D eigenvalue weighted by Crippen LogP contribution is -2.29. The fourth-order valence-corrected chi connectivity index (χ4v) is 2.42. The highest BCUT2D eigenvalue weighted by molar-refractivity contribution is 6.21. The molecule has 0 atom stereocenters. The molecule has 0 saturated heterocycles. The summed E-state index contributed by atoms with van der Waals surface area (Å²) >= 11 is 0. The lowest BCUT2D eigenvalue weighted by Gasteiger charge is -2.13. The number of carbonyl (C=O) groups is 2. The Bertz CT molecular complexity index is 785. The molecule has 0 aromatic heterocycles. The van der Waals surface area contributed by atoms with Crippen molar-refractivity contribution in [1.82, 2.24) is 4.90 Å². The quantitative estimate of drug-likeness (QED) is 0.792. The van der Waals surface area contributed by atoms with E-state index in [2.05, 4.69) is 0 Å². The smallest absolute Gasteiger partial charge is 0.261 e. The maximum Gasteiger partial charge on any atom is 0.261 e. The molecule has 3 rings (SSSR count). The van der Waals surface area contributed by atoms with E-state index < -0.39 is 0 Å². The molecular weight excluding hydrogens is 264 g/mol. The van der Waals surface area contributed by atoms with Gasteiger partial charge in [-0.2, -0.15) is 5.26 Å². The number of hydrogen-bond donors (Lipinski definition) is 0. The summed E-state index contributed by atoms with van der Waals surface area (Å²) in [5, 5.41) is 8.77. The van der Waals surface area contributed by atoms with Crippen LogP contribution in [-0.4, -0.2) is 16.7 Å². The Balaban J connectivity index is 1.89. The summed E-state index contributed by atoms with van der Waals surface area (Å²) in [5.74, 6) is -0.526. The summed E-state index contributed by atoms with van der Waals surface area (Å²) in [7, 11) is 0. The third kappa shape index (κ3) is 2.19. The van der Waals surface area contributed by atoms with Crippen molar-refractivity contribution in [2.45, 2.75) is 13.5 Å². The van der Waals surface area contributed by atoms with Gasteiger partial charge in [0.25, 0.3) is 11.8 Å². The molecule has 2 aromatic rings. The number of nitriles is 1. The largest absolute Gasteiger partial charge is 0.270 e. The van der Waals surface area contributed by atoms with Gasteiger partial charge in [0.15, 0.2) is 0 Å². The number of amides is 2. The van der Waals surface area contributed by atoms with Crippen molar-refractivity contribution < 1.29 is 9.59 Å². The van der Waals surface area contributed by atoms with Crippen molar-refractivity contribution in [1.29, 1.82) is 5.26 Å². The van der Waals surface area contributed by atoms with E-state index in [0.717, 1.165) is 11.1 Å². The van der Waals surface area contributed by atoms with Crippen LogP contribution in [0.15, 0.2) is 42.5 Å². The molecule has 0 saturated carbocycles. The minimum absolute atomic E-state index is 0.219. The maximum absolute atomic E-state index is 12.3. The number of carbonyl (C=O) groups excluding carboxylic acids is 2. The van der Waals surface area contributed by atoms with Gasteiger partial charge in [0.05, 0.1) is 29.3 Å². The van der Waals surface area contributed by atoms with Crippen LogP contribution in [0.2, 0.25) is 0 Å². The molecule has 2 aromatic carbocycles. The number of hydrogen-bond acceptors (Lipinski definition) is 3. The van der Waals surface area contributed by atoms with Gasteiger partial charge in [-0.05, 0) is 36.8 Å². The Morgan fingerprint density at radius 3 is 2.33 bits per heavy atom. The summed E-state index contributed by atoms with van der Waals surface area (Å²) in [6.07, 6.45) is 0. The van der Waals surface area contributed by atoms with Gasteiger partial charge in [-0.25, -0.2) is 0 Å². The van der Waals surface area contributed by atoms with Crippen LogP contribution in [0.1, 0.15) is 37.4 Å². The van der Waals surface area contributed by atoms with Gasteiger partial charge in [0, 0.05) is 0 Å². The summed E-state index contributed by atoms with van der Waals surface area (Å²) in [6, 6.07) is 14.2. The monoisotopic (exact) mass is 276 g/mol. The zero-order valence-electron chi connectivity index (χ0n) is 11.5. The molecule has 1 heterocycles. The normalized spacial score (nSPS) is 13.2. The number of aryl methyl sites for hydroxylation is 1.